The number of carbonyl (C=O) groups is 2. The fourth-order valence-electron chi connectivity index (χ4n) is 1.19. The summed E-state index contributed by atoms with van der Waals surface area (Å²) in [5, 5.41) is 5.58. The molecule has 18 heavy (non-hydrogen) atoms. The topological polar surface area (TPSA) is 84.2 Å². The van der Waals surface area contributed by atoms with E-state index in [1.165, 1.54) is 0 Å². The molecule has 0 radical (unpaired) electrons. The highest BCUT2D eigenvalue weighted by atomic mass is 35.5. The quantitative estimate of drug-likeness (QED) is 0.694. The number of halogens is 2. The van der Waals surface area contributed by atoms with E-state index in [0.29, 0.717) is 23.7 Å². The van der Waals surface area contributed by atoms with Crippen molar-refractivity contribution in [2.75, 3.05) is 19.6 Å². The largest absolute Gasteiger partial charge is 0.353 e. The fraction of sp³-hybridized carbons (Fsp3) is 0.273. The molecule has 0 aromatic heterocycles. The van der Waals surface area contributed by atoms with Crippen molar-refractivity contribution in [3.8, 4) is 0 Å². The Kier molecular flexibility index (Phi) is 8.11. The second-order valence-electron chi connectivity index (χ2n) is 3.29. The fourth-order valence-corrected chi connectivity index (χ4v) is 1.41. The van der Waals surface area contributed by atoms with Crippen molar-refractivity contribution in [2.45, 2.75) is 0 Å². The molecular weight excluding hydrogens is 277 g/mol. The minimum absolute atomic E-state index is 0. The third-order valence-corrected chi connectivity index (χ3v) is 2.37. The highest BCUT2D eigenvalue weighted by molar-refractivity contribution is 6.33. The number of carbonyl (C=O) groups excluding carboxylic acids is 2. The van der Waals surface area contributed by atoms with Crippen molar-refractivity contribution >= 4 is 35.8 Å². The molecule has 0 unspecified atom stereocenters. The molecule has 5 nitrogen and oxygen atoms in total. The highest BCUT2D eigenvalue weighted by Gasteiger charge is 2.08. The Balaban J connectivity index is 0.00000289. The maximum atomic E-state index is 11.6. The Bertz CT molecular complexity index is 413. The molecule has 1 aromatic carbocycles. The Hall–Kier alpha value is -1.30. The van der Waals surface area contributed by atoms with Gasteiger partial charge in [-0.2, -0.15) is 0 Å². The van der Waals surface area contributed by atoms with Gasteiger partial charge in [-0.25, -0.2) is 0 Å². The summed E-state index contributed by atoms with van der Waals surface area (Å²) in [6.07, 6.45) is 0. The van der Waals surface area contributed by atoms with Crippen LogP contribution in [-0.2, 0) is 4.79 Å². The Morgan fingerprint density at radius 2 is 1.78 bits per heavy atom. The molecule has 0 aliphatic rings. The van der Waals surface area contributed by atoms with E-state index in [4.69, 9.17) is 17.3 Å². The zero-order chi connectivity index (χ0) is 12.7. The lowest BCUT2D eigenvalue weighted by Gasteiger charge is -2.07. The first-order valence-corrected chi connectivity index (χ1v) is 5.52. The van der Waals surface area contributed by atoms with E-state index in [-0.39, 0.29) is 30.8 Å². The number of amides is 2. The van der Waals surface area contributed by atoms with E-state index in [9.17, 15) is 9.59 Å². The van der Waals surface area contributed by atoms with Gasteiger partial charge in [0.05, 0.1) is 17.1 Å². The summed E-state index contributed by atoms with van der Waals surface area (Å²) in [5.41, 5.74) is 5.52. The van der Waals surface area contributed by atoms with E-state index >= 15 is 0 Å². The maximum Gasteiger partial charge on any atom is 0.252 e. The molecule has 0 saturated heterocycles. The first-order chi connectivity index (χ1) is 8.15. The summed E-state index contributed by atoms with van der Waals surface area (Å²) in [5.74, 6) is -0.519. The molecule has 0 heterocycles. The standard InChI is InChI=1S/C11H14ClN3O2.ClH/c12-9-4-2-1-3-8(9)11(17)15-6-5-14-10(16)7-13;/h1-4H,5-7,13H2,(H,14,16)(H,15,17);1H. The van der Waals surface area contributed by atoms with Gasteiger partial charge in [-0.3, -0.25) is 9.59 Å². The van der Waals surface area contributed by atoms with Crippen LogP contribution in [0, 0.1) is 0 Å². The van der Waals surface area contributed by atoms with Crippen molar-refractivity contribution in [3.05, 3.63) is 34.9 Å². The van der Waals surface area contributed by atoms with Gasteiger partial charge in [0.2, 0.25) is 5.91 Å². The summed E-state index contributed by atoms with van der Waals surface area (Å²) in [4.78, 5) is 22.5. The molecule has 7 heteroatoms. The molecule has 2 amide bonds. The van der Waals surface area contributed by atoms with Gasteiger partial charge in [0.1, 0.15) is 0 Å². The first kappa shape index (κ1) is 16.7. The van der Waals surface area contributed by atoms with Gasteiger partial charge in [0.15, 0.2) is 0 Å². The third kappa shape index (κ3) is 5.35. The van der Waals surface area contributed by atoms with Crippen molar-refractivity contribution < 1.29 is 9.59 Å². The minimum atomic E-state index is -0.266. The molecule has 4 N–H and O–H groups in total. The molecule has 0 aliphatic heterocycles. The van der Waals surface area contributed by atoms with Crippen LogP contribution in [0.1, 0.15) is 10.4 Å². The summed E-state index contributed by atoms with van der Waals surface area (Å²) in [6.45, 7) is 0.612. The second kappa shape index (κ2) is 8.74. The molecule has 1 rings (SSSR count). The Morgan fingerprint density at radius 1 is 1.17 bits per heavy atom. The predicted octanol–water partition coefficient (Wildman–Crippen LogP) is 0.567. The molecule has 0 aliphatic carbocycles. The predicted molar refractivity (Wildman–Crippen MR) is 73.1 cm³/mol. The van der Waals surface area contributed by atoms with Gasteiger partial charge < -0.3 is 16.4 Å². The van der Waals surface area contributed by atoms with Crippen LogP contribution in [0.2, 0.25) is 5.02 Å². The number of hydrogen-bond donors (Lipinski definition) is 3. The Labute approximate surface area is 116 Å². The average Bonchev–Trinajstić information content (AvgIpc) is 2.34. The summed E-state index contributed by atoms with van der Waals surface area (Å²) in [7, 11) is 0. The van der Waals surface area contributed by atoms with Gasteiger partial charge in [-0.1, -0.05) is 23.7 Å². The van der Waals surface area contributed by atoms with Crippen LogP contribution in [0.15, 0.2) is 24.3 Å². The number of rotatable bonds is 5. The summed E-state index contributed by atoms with van der Waals surface area (Å²) >= 11 is 5.86. The zero-order valence-corrected chi connectivity index (χ0v) is 11.2. The number of nitrogens with one attached hydrogen (secondary N) is 2. The van der Waals surface area contributed by atoms with Crippen LogP contribution >= 0.6 is 24.0 Å². The van der Waals surface area contributed by atoms with E-state index in [0.717, 1.165) is 0 Å². The lowest BCUT2D eigenvalue weighted by Crippen LogP contribution is -2.37. The normalized spacial score (nSPS) is 9.22. The molecule has 0 spiro atoms. The number of nitrogens with two attached hydrogens (primary N) is 1. The van der Waals surface area contributed by atoms with E-state index in [2.05, 4.69) is 10.6 Å². The third-order valence-electron chi connectivity index (χ3n) is 2.04. The van der Waals surface area contributed by atoms with Crippen molar-refractivity contribution in [1.29, 1.82) is 0 Å². The monoisotopic (exact) mass is 291 g/mol. The van der Waals surface area contributed by atoms with Gasteiger partial charge in [0, 0.05) is 13.1 Å². The SMILES string of the molecule is Cl.NCC(=O)NCCNC(=O)c1ccccc1Cl. The number of benzene rings is 1. The molecule has 0 bridgehead atoms. The van der Waals surface area contributed by atoms with Crippen LogP contribution in [0.5, 0.6) is 0 Å². The molecule has 0 fully saturated rings. The lowest BCUT2D eigenvalue weighted by molar-refractivity contribution is -0.119. The van der Waals surface area contributed by atoms with Crippen molar-refractivity contribution in [1.82, 2.24) is 10.6 Å². The van der Waals surface area contributed by atoms with Crippen LogP contribution in [0.4, 0.5) is 0 Å². The van der Waals surface area contributed by atoms with E-state index in [1.807, 2.05) is 0 Å². The van der Waals surface area contributed by atoms with Crippen molar-refractivity contribution in [2.24, 2.45) is 5.73 Å². The van der Waals surface area contributed by atoms with E-state index in [1.54, 1.807) is 24.3 Å². The molecule has 0 atom stereocenters. The summed E-state index contributed by atoms with van der Waals surface area (Å²) < 4.78 is 0. The van der Waals surface area contributed by atoms with Gasteiger partial charge in [-0.15, -0.1) is 12.4 Å². The second-order valence-corrected chi connectivity index (χ2v) is 3.70. The summed E-state index contributed by atoms with van der Waals surface area (Å²) in [6, 6.07) is 6.76. The molecule has 1 aromatic rings. The minimum Gasteiger partial charge on any atom is -0.353 e. The zero-order valence-electron chi connectivity index (χ0n) is 9.61. The van der Waals surface area contributed by atoms with Crippen LogP contribution in [0.25, 0.3) is 0 Å². The molecule has 100 valence electrons. The average molecular weight is 292 g/mol. The van der Waals surface area contributed by atoms with Gasteiger partial charge in [-0.05, 0) is 12.1 Å². The molecule has 0 saturated carbocycles. The van der Waals surface area contributed by atoms with Gasteiger partial charge in [0.25, 0.3) is 5.91 Å². The highest BCUT2D eigenvalue weighted by Crippen LogP contribution is 2.14. The Morgan fingerprint density at radius 3 is 2.39 bits per heavy atom. The van der Waals surface area contributed by atoms with Crippen LogP contribution in [0.3, 0.4) is 0 Å². The first-order valence-electron chi connectivity index (χ1n) is 5.14. The maximum absolute atomic E-state index is 11.6. The number of hydrogen-bond acceptors (Lipinski definition) is 3. The smallest absolute Gasteiger partial charge is 0.252 e. The van der Waals surface area contributed by atoms with Crippen LogP contribution < -0.4 is 16.4 Å². The van der Waals surface area contributed by atoms with Gasteiger partial charge >= 0.3 is 0 Å². The molecular formula is C11H15Cl2N3O2. The van der Waals surface area contributed by atoms with E-state index < -0.39 is 0 Å². The van der Waals surface area contributed by atoms with Crippen LogP contribution in [-0.4, -0.2) is 31.4 Å². The van der Waals surface area contributed by atoms with Crippen molar-refractivity contribution in [3.63, 3.8) is 0 Å². The lowest BCUT2D eigenvalue weighted by atomic mass is 10.2.